The van der Waals surface area contributed by atoms with Gasteiger partial charge in [-0.15, -0.1) is 0 Å². The van der Waals surface area contributed by atoms with Gasteiger partial charge in [0.1, 0.15) is 6.10 Å². The third-order valence-electron chi connectivity index (χ3n) is 2.87. The van der Waals surface area contributed by atoms with Crippen LogP contribution in [0.25, 0.3) is 0 Å². The molecule has 1 aromatic carbocycles. The number of carboxylic acid groups (broad SMARTS) is 1. The predicted octanol–water partition coefficient (Wildman–Crippen LogP) is 2.29. The number of hydrogen-bond acceptors (Lipinski definition) is 3. The van der Waals surface area contributed by atoms with E-state index in [0.717, 1.165) is 10.0 Å². The van der Waals surface area contributed by atoms with Gasteiger partial charge in [-0.2, -0.15) is 0 Å². The molecular weight excluding hydrogens is 326 g/mol. The van der Waals surface area contributed by atoms with Crippen LogP contribution in [0.2, 0.25) is 0 Å². The molecule has 5 nitrogen and oxygen atoms in total. The zero-order valence-electron chi connectivity index (χ0n) is 11.5. The summed E-state index contributed by atoms with van der Waals surface area (Å²) in [6.45, 7) is 2.17. The smallest absolute Gasteiger partial charge is 0.305 e. The molecular formula is C14H18BrNO4. The molecule has 6 heteroatoms. The third-order valence-corrected chi connectivity index (χ3v) is 3.36. The van der Waals surface area contributed by atoms with Crippen molar-refractivity contribution in [3.63, 3.8) is 0 Å². The Morgan fingerprint density at radius 3 is 2.70 bits per heavy atom. The summed E-state index contributed by atoms with van der Waals surface area (Å²) < 4.78 is 5.93. The van der Waals surface area contributed by atoms with Crippen LogP contribution in [-0.2, 0) is 20.9 Å². The van der Waals surface area contributed by atoms with Crippen molar-refractivity contribution in [1.29, 1.82) is 0 Å². The Morgan fingerprint density at radius 2 is 2.15 bits per heavy atom. The number of hydrogen-bond donors (Lipinski definition) is 1. The summed E-state index contributed by atoms with van der Waals surface area (Å²) in [5.41, 5.74) is 0.932. The lowest BCUT2D eigenvalue weighted by atomic mass is 10.2. The standard InChI is InChI=1S/C14H18BrNO4/c1-10(20-2)14(19)16(7-6-13(17)18)9-11-4-3-5-12(15)8-11/h3-5,8,10H,6-7,9H2,1-2H3,(H,17,18). The number of methoxy groups -OCH3 is 1. The van der Waals surface area contributed by atoms with Gasteiger partial charge in [0.2, 0.25) is 0 Å². The van der Waals surface area contributed by atoms with Gasteiger partial charge in [-0.3, -0.25) is 9.59 Å². The van der Waals surface area contributed by atoms with E-state index >= 15 is 0 Å². The summed E-state index contributed by atoms with van der Waals surface area (Å²) in [4.78, 5) is 24.4. The Bertz CT molecular complexity index is 478. The molecule has 0 radical (unpaired) electrons. The SMILES string of the molecule is COC(C)C(=O)N(CCC(=O)O)Cc1cccc(Br)c1. The van der Waals surface area contributed by atoms with Gasteiger partial charge in [0.25, 0.3) is 5.91 Å². The maximum atomic E-state index is 12.2. The van der Waals surface area contributed by atoms with E-state index in [2.05, 4.69) is 15.9 Å². The molecule has 1 unspecified atom stereocenters. The number of carboxylic acids is 1. The lowest BCUT2D eigenvalue weighted by molar-refractivity contribution is -0.143. The van der Waals surface area contributed by atoms with Crippen molar-refractivity contribution in [3.05, 3.63) is 34.3 Å². The molecule has 110 valence electrons. The van der Waals surface area contributed by atoms with Gasteiger partial charge in [-0.1, -0.05) is 28.1 Å². The van der Waals surface area contributed by atoms with Gasteiger partial charge < -0.3 is 14.7 Å². The number of ether oxygens (including phenoxy) is 1. The molecule has 1 rings (SSSR count). The lowest BCUT2D eigenvalue weighted by Gasteiger charge is -2.25. The molecule has 0 heterocycles. The molecule has 0 aliphatic heterocycles. The van der Waals surface area contributed by atoms with Gasteiger partial charge in [-0.05, 0) is 24.6 Å². The third kappa shape index (κ3) is 5.30. The summed E-state index contributed by atoms with van der Waals surface area (Å²) in [6.07, 6.45) is -0.674. The van der Waals surface area contributed by atoms with Crippen molar-refractivity contribution < 1.29 is 19.4 Å². The fourth-order valence-electron chi connectivity index (χ4n) is 1.71. The lowest BCUT2D eigenvalue weighted by Crippen LogP contribution is -2.39. The Balaban J connectivity index is 2.81. The number of nitrogens with zero attached hydrogens (tertiary/aromatic N) is 1. The monoisotopic (exact) mass is 343 g/mol. The maximum Gasteiger partial charge on any atom is 0.305 e. The van der Waals surface area contributed by atoms with Crippen molar-refractivity contribution in [1.82, 2.24) is 4.90 Å². The summed E-state index contributed by atoms with van der Waals surface area (Å²) in [6, 6.07) is 7.56. The molecule has 20 heavy (non-hydrogen) atoms. The minimum atomic E-state index is -0.929. The fraction of sp³-hybridized carbons (Fsp3) is 0.429. The molecule has 0 saturated carbocycles. The van der Waals surface area contributed by atoms with Crippen LogP contribution in [0, 0.1) is 0 Å². The summed E-state index contributed by atoms with van der Waals surface area (Å²) in [5, 5.41) is 8.77. The molecule has 0 aromatic heterocycles. The first-order chi connectivity index (χ1) is 9.43. The predicted molar refractivity (Wildman–Crippen MR) is 78.3 cm³/mol. The number of carbonyl (C=O) groups excluding carboxylic acids is 1. The van der Waals surface area contributed by atoms with Crippen LogP contribution in [0.4, 0.5) is 0 Å². The summed E-state index contributed by atoms with van der Waals surface area (Å²) in [7, 11) is 1.46. The van der Waals surface area contributed by atoms with E-state index in [-0.39, 0.29) is 18.9 Å². The number of rotatable bonds is 7. The van der Waals surface area contributed by atoms with Crippen LogP contribution < -0.4 is 0 Å². The van der Waals surface area contributed by atoms with E-state index in [1.165, 1.54) is 12.0 Å². The van der Waals surface area contributed by atoms with Crippen molar-refractivity contribution in [3.8, 4) is 0 Å². The minimum Gasteiger partial charge on any atom is -0.481 e. The largest absolute Gasteiger partial charge is 0.481 e. The molecule has 0 bridgehead atoms. The van der Waals surface area contributed by atoms with E-state index in [1.807, 2.05) is 24.3 Å². The van der Waals surface area contributed by atoms with Crippen LogP contribution in [0.15, 0.2) is 28.7 Å². The van der Waals surface area contributed by atoms with Crippen LogP contribution >= 0.6 is 15.9 Å². The van der Waals surface area contributed by atoms with Crippen LogP contribution in [-0.4, -0.2) is 41.6 Å². The van der Waals surface area contributed by atoms with Gasteiger partial charge in [0.05, 0.1) is 6.42 Å². The maximum absolute atomic E-state index is 12.2. The average Bonchev–Trinajstić information content (AvgIpc) is 2.41. The summed E-state index contributed by atoms with van der Waals surface area (Å²) in [5.74, 6) is -1.14. The second-order valence-corrected chi connectivity index (χ2v) is 5.33. The van der Waals surface area contributed by atoms with Crippen molar-refractivity contribution >= 4 is 27.8 Å². The Morgan fingerprint density at radius 1 is 1.45 bits per heavy atom. The molecule has 0 aliphatic rings. The Kier molecular flexibility index (Phi) is 6.67. The van der Waals surface area contributed by atoms with E-state index in [4.69, 9.17) is 9.84 Å². The van der Waals surface area contributed by atoms with Crippen LogP contribution in [0.1, 0.15) is 18.9 Å². The molecule has 1 aromatic rings. The van der Waals surface area contributed by atoms with Crippen molar-refractivity contribution in [2.45, 2.75) is 26.0 Å². The number of carbonyl (C=O) groups is 2. The fourth-order valence-corrected chi connectivity index (χ4v) is 2.16. The van der Waals surface area contributed by atoms with E-state index < -0.39 is 12.1 Å². The zero-order chi connectivity index (χ0) is 15.1. The van der Waals surface area contributed by atoms with E-state index in [9.17, 15) is 9.59 Å². The average molecular weight is 344 g/mol. The van der Waals surface area contributed by atoms with Gasteiger partial charge in [0.15, 0.2) is 0 Å². The summed E-state index contributed by atoms with van der Waals surface area (Å²) >= 11 is 3.37. The number of amides is 1. The normalized spacial score (nSPS) is 11.9. The molecule has 0 fully saturated rings. The molecule has 1 N–H and O–H groups in total. The highest BCUT2D eigenvalue weighted by Gasteiger charge is 2.21. The van der Waals surface area contributed by atoms with Crippen LogP contribution in [0.5, 0.6) is 0 Å². The van der Waals surface area contributed by atoms with Gasteiger partial charge in [-0.25, -0.2) is 0 Å². The molecule has 0 aliphatic carbocycles. The number of halogens is 1. The van der Waals surface area contributed by atoms with Crippen molar-refractivity contribution in [2.75, 3.05) is 13.7 Å². The van der Waals surface area contributed by atoms with Crippen molar-refractivity contribution in [2.24, 2.45) is 0 Å². The second-order valence-electron chi connectivity index (χ2n) is 4.41. The topological polar surface area (TPSA) is 66.8 Å². The van der Waals surface area contributed by atoms with Crippen LogP contribution in [0.3, 0.4) is 0 Å². The van der Waals surface area contributed by atoms with E-state index in [1.54, 1.807) is 6.92 Å². The highest BCUT2D eigenvalue weighted by atomic mass is 79.9. The number of aliphatic carboxylic acids is 1. The molecule has 1 atom stereocenters. The molecule has 0 saturated heterocycles. The first-order valence-electron chi connectivity index (χ1n) is 6.22. The zero-order valence-corrected chi connectivity index (χ0v) is 13.1. The highest BCUT2D eigenvalue weighted by molar-refractivity contribution is 9.10. The highest BCUT2D eigenvalue weighted by Crippen LogP contribution is 2.14. The van der Waals surface area contributed by atoms with Gasteiger partial charge >= 0.3 is 5.97 Å². The Hall–Kier alpha value is -1.40. The quantitative estimate of drug-likeness (QED) is 0.824. The second kappa shape index (κ2) is 8.01. The Labute approximate surface area is 126 Å². The molecule has 1 amide bonds. The van der Waals surface area contributed by atoms with Gasteiger partial charge in [0, 0.05) is 24.7 Å². The minimum absolute atomic E-state index is 0.0871. The first-order valence-corrected chi connectivity index (χ1v) is 7.01. The molecule has 0 spiro atoms. The van der Waals surface area contributed by atoms with E-state index in [0.29, 0.717) is 6.54 Å². The number of benzene rings is 1. The first kappa shape index (κ1) is 16.7.